The fourth-order valence-electron chi connectivity index (χ4n) is 1.88. The van der Waals surface area contributed by atoms with Gasteiger partial charge in [-0.1, -0.05) is 25.6 Å². The molecule has 0 amide bonds. The molecule has 3 unspecified atom stereocenters. The normalized spacial score (nSPS) is 31.0. The number of aryl methyl sites for hydroxylation is 1. The van der Waals surface area contributed by atoms with E-state index in [4.69, 9.17) is 5.73 Å². The first-order valence-electron chi connectivity index (χ1n) is 5.45. The zero-order chi connectivity index (χ0) is 10.8. The van der Waals surface area contributed by atoms with E-state index in [1.165, 1.54) is 18.0 Å². The van der Waals surface area contributed by atoms with Crippen molar-refractivity contribution in [2.75, 3.05) is 0 Å². The van der Waals surface area contributed by atoms with E-state index in [1.807, 2.05) is 11.8 Å². The number of aromatic nitrogens is 2. The molecule has 1 aromatic rings. The van der Waals surface area contributed by atoms with Crippen molar-refractivity contribution in [3.8, 4) is 0 Å². The summed E-state index contributed by atoms with van der Waals surface area (Å²) >= 11 is 3.39. The van der Waals surface area contributed by atoms with Gasteiger partial charge in [-0.05, 0) is 30.3 Å². The standard InChI is InChI=1S/C10H17N3S2/c1-3-9-12-10(15-13-9)14-8-5-4-7(11)6(8)2/h6-8H,3-5,11H2,1-2H3. The Morgan fingerprint density at radius 1 is 1.53 bits per heavy atom. The summed E-state index contributed by atoms with van der Waals surface area (Å²) in [7, 11) is 0. The quantitative estimate of drug-likeness (QED) is 0.885. The Kier molecular flexibility index (Phi) is 3.64. The van der Waals surface area contributed by atoms with E-state index in [0.717, 1.165) is 23.0 Å². The third kappa shape index (κ3) is 2.52. The molecule has 0 spiro atoms. The van der Waals surface area contributed by atoms with Crippen LogP contribution in [0, 0.1) is 5.92 Å². The first kappa shape index (κ1) is 11.4. The average molecular weight is 243 g/mol. The van der Waals surface area contributed by atoms with E-state index in [9.17, 15) is 0 Å². The van der Waals surface area contributed by atoms with Crippen LogP contribution in [-0.2, 0) is 6.42 Å². The smallest absolute Gasteiger partial charge is 0.170 e. The van der Waals surface area contributed by atoms with Gasteiger partial charge < -0.3 is 5.73 Å². The van der Waals surface area contributed by atoms with E-state index in [-0.39, 0.29) is 0 Å². The van der Waals surface area contributed by atoms with Crippen molar-refractivity contribution in [3.63, 3.8) is 0 Å². The van der Waals surface area contributed by atoms with Crippen molar-refractivity contribution in [3.05, 3.63) is 5.82 Å². The molecule has 1 aliphatic carbocycles. The van der Waals surface area contributed by atoms with Gasteiger partial charge in [0.2, 0.25) is 0 Å². The minimum Gasteiger partial charge on any atom is -0.327 e. The molecule has 2 N–H and O–H groups in total. The van der Waals surface area contributed by atoms with Crippen LogP contribution >= 0.6 is 23.3 Å². The Morgan fingerprint density at radius 3 is 2.87 bits per heavy atom. The number of thioether (sulfide) groups is 1. The van der Waals surface area contributed by atoms with Crippen LogP contribution in [0.4, 0.5) is 0 Å². The average Bonchev–Trinajstić information content (AvgIpc) is 2.80. The van der Waals surface area contributed by atoms with E-state index < -0.39 is 0 Å². The Labute approximate surface area is 99.0 Å². The predicted molar refractivity (Wildman–Crippen MR) is 65.3 cm³/mol. The summed E-state index contributed by atoms with van der Waals surface area (Å²) in [5.41, 5.74) is 6.01. The summed E-state index contributed by atoms with van der Waals surface area (Å²) in [6.45, 7) is 4.34. The van der Waals surface area contributed by atoms with E-state index in [1.54, 1.807) is 0 Å². The van der Waals surface area contributed by atoms with Crippen LogP contribution in [0.1, 0.15) is 32.5 Å². The third-order valence-corrected chi connectivity index (χ3v) is 5.39. The lowest BCUT2D eigenvalue weighted by Gasteiger charge is -2.15. The van der Waals surface area contributed by atoms with Crippen LogP contribution in [0.15, 0.2) is 4.34 Å². The largest absolute Gasteiger partial charge is 0.327 e. The topological polar surface area (TPSA) is 51.8 Å². The summed E-state index contributed by atoms with van der Waals surface area (Å²) in [4.78, 5) is 4.48. The summed E-state index contributed by atoms with van der Waals surface area (Å²) in [5, 5.41) is 0.637. The minimum absolute atomic E-state index is 0.376. The Morgan fingerprint density at radius 2 is 2.33 bits per heavy atom. The van der Waals surface area contributed by atoms with Crippen molar-refractivity contribution in [2.45, 2.75) is 48.7 Å². The molecule has 0 bridgehead atoms. The summed E-state index contributed by atoms with van der Waals surface area (Å²) in [6, 6.07) is 0.376. The molecule has 3 nitrogen and oxygen atoms in total. The molecule has 15 heavy (non-hydrogen) atoms. The number of rotatable bonds is 3. The summed E-state index contributed by atoms with van der Waals surface area (Å²) in [6.07, 6.45) is 3.29. The Hall–Kier alpha value is -0.130. The van der Waals surface area contributed by atoms with Crippen LogP contribution in [0.25, 0.3) is 0 Å². The van der Waals surface area contributed by atoms with E-state index >= 15 is 0 Å². The van der Waals surface area contributed by atoms with Gasteiger partial charge in [0.1, 0.15) is 5.82 Å². The van der Waals surface area contributed by atoms with E-state index in [2.05, 4.69) is 23.2 Å². The first-order chi connectivity index (χ1) is 7.20. The van der Waals surface area contributed by atoms with Gasteiger partial charge in [0.25, 0.3) is 0 Å². The molecule has 1 fully saturated rings. The Bertz CT molecular complexity index is 326. The maximum Gasteiger partial charge on any atom is 0.170 e. The Balaban J connectivity index is 1.97. The highest BCUT2D eigenvalue weighted by molar-refractivity contribution is 8.01. The van der Waals surface area contributed by atoms with Gasteiger partial charge in [0, 0.05) is 17.7 Å². The maximum atomic E-state index is 6.01. The number of nitrogens with two attached hydrogens (primary N) is 1. The molecule has 84 valence electrons. The first-order valence-corrected chi connectivity index (χ1v) is 7.10. The number of hydrogen-bond acceptors (Lipinski definition) is 5. The second-order valence-corrected chi connectivity index (χ2v) is 6.32. The predicted octanol–water partition coefficient (Wildman–Crippen LogP) is 2.32. The minimum atomic E-state index is 0.376. The lowest BCUT2D eigenvalue weighted by Crippen LogP contribution is -2.25. The van der Waals surface area contributed by atoms with Gasteiger partial charge in [-0.3, -0.25) is 0 Å². The van der Waals surface area contributed by atoms with Crippen molar-refractivity contribution in [1.82, 2.24) is 9.36 Å². The second-order valence-electron chi connectivity index (χ2n) is 4.09. The van der Waals surface area contributed by atoms with Crippen LogP contribution in [0.3, 0.4) is 0 Å². The highest BCUT2D eigenvalue weighted by Crippen LogP contribution is 2.38. The molecule has 1 aliphatic rings. The van der Waals surface area contributed by atoms with Gasteiger partial charge >= 0.3 is 0 Å². The van der Waals surface area contributed by atoms with Crippen molar-refractivity contribution in [2.24, 2.45) is 11.7 Å². The molecule has 0 aromatic carbocycles. The van der Waals surface area contributed by atoms with Crippen LogP contribution in [0.5, 0.6) is 0 Å². The molecule has 0 radical (unpaired) electrons. The van der Waals surface area contributed by atoms with Gasteiger partial charge in [-0.25, -0.2) is 4.98 Å². The second kappa shape index (κ2) is 4.80. The molecule has 0 saturated heterocycles. The number of hydrogen-bond donors (Lipinski definition) is 1. The monoisotopic (exact) mass is 243 g/mol. The molecule has 0 aliphatic heterocycles. The lowest BCUT2D eigenvalue weighted by molar-refractivity contribution is 0.535. The van der Waals surface area contributed by atoms with Crippen molar-refractivity contribution in [1.29, 1.82) is 0 Å². The molecule has 1 heterocycles. The molecular weight excluding hydrogens is 226 g/mol. The van der Waals surface area contributed by atoms with Crippen molar-refractivity contribution >= 4 is 23.3 Å². The molecule has 1 aromatic heterocycles. The summed E-state index contributed by atoms with van der Waals surface area (Å²) < 4.78 is 5.41. The third-order valence-electron chi connectivity index (χ3n) is 3.06. The maximum absolute atomic E-state index is 6.01. The van der Waals surface area contributed by atoms with Gasteiger partial charge in [-0.15, -0.1) is 0 Å². The fourth-order valence-corrected chi connectivity index (χ4v) is 4.13. The fraction of sp³-hybridized carbons (Fsp3) is 0.800. The van der Waals surface area contributed by atoms with Crippen LogP contribution in [0.2, 0.25) is 0 Å². The summed E-state index contributed by atoms with van der Waals surface area (Å²) in [5.74, 6) is 1.57. The molecule has 2 rings (SSSR count). The number of nitrogens with zero attached hydrogens (tertiary/aromatic N) is 2. The highest BCUT2D eigenvalue weighted by Gasteiger charge is 2.31. The van der Waals surface area contributed by atoms with Gasteiger partial charge in [0.05, 0.1) is 0 Å². The molecule has 1 saturated carbocycles. The highest BCUT2D eigenvalue weighted by atomic mass is 32.2. The van der Waals surface area contributed by atoms with Crippen LogP contribution < -0.4 is 5.73 Å². The lowest BCUT2D eigenvalue weighted by atomic mass is 10.1. The SMILES string of the molecule is CCc1nsc(SC2CCC(N)C2C)n1. The van der Waals surface area contributed by atoms with Crippen molar-refractivity contribution < 1.29 is 0 Å². The zero-order valence-corrected chi connectivity index (χ0v) is 10.8. The van der Waals surface area contributed by atoms with Gasteiger partial charge in [-0.2, -0.15) is 4.37 Å². The molecular formula is C10H17N3S2. The zero-order valence-electron chi connectivity index (χ0n) is 9.14. The van der Waals surface area contributed by atoms with E-state index in [0.29, 0.717) is 17.2 Å². The molecule has 5 heteroatoms. The van der Waals surface area contributed by atoms with Gasteiger partial charge in [0.15, 0.2) is 4.34 Å². The van der Waals surface area contributed by atoms with Crippen LogP contribution in [-0.4, -0.2) is 20.6 Å². The molecule has 3 atom stereocenters.